The topological polar surface area (TPSA) is 193 Å². The Kier molecular flexibility index (Phi) is 20.6. The van der Waals surface area contributed by atoms with Crippen LogP contribution >= 0.6 is 23.4 Å². The van der Waals surface area contributed by atoms with Crippen molar-refractivity contribution >= 4 is 89.3 Å². The molecule has 5 aliphatic rings. The molecule has 87 heavy (non-hydrogen) atoms. The molecule has 4 saturated heterocycles. The smallest absolute Gasteiger partial charge is 0.380 e. The van der Waals surface area contributed by atoms with E-state index in [4.69, 9.17) is 16.3 Å². The third-order valence-corrected chi connectivity index (χ3v) is 21.3. The van der Waals surface area contributed by atoms with Gasteiger partial charge in [-0.15, -0.1) is 11.8 Å². The van der Waals surface area contributed by atoms with Crippen molar-refractivity contribution in [3.63, 3.8) is 0 Å². The number of piperidine rings is 1. The first kappa shape index (κ1) is 63.8. The number of thioether (sulfide) groups is 1. The van der Waals surface area contributed by atoms with Crippen molar-refractivity contribution in [2.75, 3.05) is 124 Å². The molecule has 466 valence electrons. The predicted molar refractivity (Wildman–Crippen MR) is 336 cm³/mol. The number of ether oxygens (including phenoxy) is 1. The van der Waals surface area contributed by atoms with E-state index in [2.05, 4.69) is 71.6 Å². The van der Waals surface area contributed by atoms with Crippen LogP contribution < -0.4 is 30.5 Å². The van der Waals surface area contributed by atoms with Gasteiger partial charge >= 0.3 is 5.51 Å². The zero-order valence-corrected chi connectivity index (χ0v) is 51.9. The molecule has 4 fully saturated rings. The number of carbonyl (C=O) groups is 3. The number of piperazine rings is 2. The zero-order valence-electron chi connectivity index (χ0n) is 48.7. The van der Waals surface area contributed by atoms with Gasteiger partial charge in [0.05, 0.1) is 17.2 Å². The second-order valence-electron chi connectivity index (χ2n) is 23.4. The molecule has 5 aromatic carbocycles. The molecule has 24 heteroatoms. The maximum Gasteiger partial charge on any atom is 0.501 e. The molecule has 4 aliphatic heterocycles. The molecular weight excluding hydrogens is 1200 g/mol. The molecule has 1 aliphatic carbocycles. The highest BCUT2D eigenvalue weighted by Crippen LogP contribution is 2.44. The van der Waals surface area contributed by atoms with Crippen LogP contribution in [0.5, 0.6) is 0 Å². The number of alkyl halides is 3. The van der Waals surface area contributed by atoms with Gasteiger partial charge in [-0.25, -0.2) is 21.6 Å². The summed E-state index contributed by atoms with van der Waals surface area (Å²) < 4.78 is 105. The minimum Gasteiger partial charge on any atom is -0.380 e. The molecule has 3 atom stereocenters. The van der Waals surface area contributed by atoms with Gasteiger partial charge in [-0.1, -0.05) is 54.4 Å². The predicted octanol–water partition coefficient (Wildman–Crippen LogP) is 9.24. The molecule has 0 saturated carbocycles. The number of halogens is 4. The van der Waals surface area contributed by atoms with E-state index in [1.54, 1.807) is 12.1 Å². The van der Waals surface area contributed by atoms with E-state index in [1.807, 2.05) is 59.3 Å². The Hall–Kier alpha value is -6.18. The zero-order chi connectivity index (χ0) is 61.3. The number of nitrogens with zero attached hydrogens (tertiary/aromatic N) is 5. The number of amides is 3. The average molecular weight is 1270 g/mol. The summed E-state index contributed by atoms with van der Waals surface area (Å²) in [4.78, 5) is 48.2. The van der Waals surface area contributed by atoms with Gasteiger partial charge in [0.15, 0.2) is 0 Å². The van der Waals surface area contributed by atoms with Crippen molar-refractivity contribution in [2.24, 2.45) is 5.41 Å². The van der Waals surface area contributed by atoms with Crippen LogP contribution in [-0.2, 0) is 34.2 Å². The maximum absolute atomic E-state index is 14.4. The van der Waals surface area contributed by atoms with Crippen LogP contribution in [0.15, 0.2) is 142 Å². The van der Waals surface area contributed by atoms with Gasteiger partial charge in [0.1, 0.15) is 10.9 Å². The standard InChI is InChI=1S/C63H75ClF3N9O8S3/c1-62(44-74-31-35-76(36-32-74)52-18-14-49(15-19-52)68-57-22-23-59(77)70-61(57)79)26-24-55(45-8-12-48(64)13-9-45)47(41-62)42-73-29-33-75(34-30-73)51-16-10-46(11-17-51)60(78)71-87(82,83)54-20-21-56(58(40-54)86(80,81)63(65,66)67)69-50(43-85-53-6-3-2-4-7-53)25-28-72-27-5-38-84-39-37-72/h2-4,6-21,40,50,57,68-69H,5,22-39,41-44H2,1H3,(H,71,78)(H,70,77,79)/t50-,57?,62-/m1/s1. The Labute approximate surface area is 517 Å². The number of allylic oxidation sites excluding steroid dienone is 1. The number of imide groups is 1. The lowest BCUT2D eigenvalue weighted by Gasteiger charge is -2.44. The van der Waals surface area contributed by atoms with E-state index in [0.29, 0.717) is 75.5 Å². The fourth-order valence-electron chi connectivity index (χ4n) is 12.2. The number of benzene rings is 5. The lowest BCUT2D eigenvalue weighted by molar-refractivity contribution is -0.133. The van der Waals surface area contributed by atoms with Gasteiger partial charge < -0.3 is 30.1 Å². The van der Waals surface area contributed by atoms with Crippen molar-refractivity contribution in [2.45, 2.75) is 84.1 Å². The maximum atomic E-state index is 14.4. The van der Waals surface area contributed by atoms with Crippen molar-refractivity contribution < 1.29 is 49.1 Å². The summed E-state index contributed by atoms with van der Waals surface area (Å²) in [6, 6.07) is 33.6. The van der Waals surface area contributed by atoms with Gasteiger partial charge in [0.2, 0.25) is 11.8 Å². The van der Waals surface area contributed by atoms with Crippen LogP contribution in [0.3, 0.4) is 0 Å². The first-order chi connectivity index (χ1) is 41.7. The van der Waals surface area contributed by atoms with Crippen molar-refractivity contribution in [3.05, 3.63) is 143 Å². The number of carbonyl (C=O) groups excluding carboxylic acids is 3. The Morgan fingerprint density at radius 1 is 0.782 bits per heavy atom. The van der Waals surface area contributed by atoms with Crippen LogP contribution in [0, 0.1) is 5.41 Å². The minimum absolute atomic E-state index is 0.0196. The largest absolute Gasteiger partial charge is 0.501 e. The van der Waals surface area contributed by atoms with E-state index in [0.717, 1.165) is 119 Å². The van der Waals surface area contributed by atoms with Gasteiger partial charge in [-0.2, -0.15) is 13.2 Å². The molecule has 10 rings (SSSR count). The summed E-state index contributed by atoms with van der Waals surface area (Å²) in [6.07, 6.45) is 4.99. The first-order valence-corrected chi connectivity index (χ1v) is 34.0. The molecule has 0 spiro atoms. The van der Waals surface area contributed by atoms with E-state index in [9.17, 15) is 44.4 Å². The van der Waals surface area contributed by atoms with Gasteiger partial charge in [-0.3, -0.25) is 29.5 Å². The number of nitrogens with one attached hydrogen (secondary N) is 4. The number of hydrogen-bond acceptors (Lipinski definition) is 16. The third-order valence-electron chi connectivity index (χ3n) is 17.1. The number of anilines is 4. The van der Waals surface area contributed by atoms with Crippen LogP contribution in [0.2, 0.25) is 5.02 Å². The molecule has 4 N–H and O–H groups in total. The van der Waals surface area contributed by atoms with E-state index in [-0.39, 0.29) is 22.8 Å². The van der Waals surface area contributed by atoms with Crippen LogP contribution in [0.1, 0.15) is 67.8 Å². The molecule has 0 bridgehead atoms. The number of hydrogen-bond donors (Lipinski definition) is 4. The second-order valence-corrected chi connectivity index (χ2v) is 28.6. The number of sulfone groups is 1. The fraction of sp³-hybridized carbons (Fsp3) is 0.444. The SMILES string of the molecule is C[C@@]1(CN2CCN(c3ccc(NC4CCC(=O)NC4=O)cc3)CC2)CCC(c2ccc(Cl)cc2)=C(CN2CCN(c3ccc(C(=O)NS(=O)(=O)c4ccc(N[C@H](CCN5CCCOCC5)CSc5ccccc5)c(S(=O)(=O)C(F)(F)F)c4)cc3)CC2)C1. The number of sulfonamides is 1. The normalized spacial score (nSPS) is 21.0. The summed E-state index contributed by atoms with van der Waals surface area (Å²) in [5, 5.41) is 9.38. The monoisotopic (exact) mass is 1270 g/mol. The minimum atomic E-state index is -6.09. The van der Waals surface area contributed by atoms with E-state index in [1.165, 1.54) is 40.6 Å². The quantitative estimate of drug-likeness (QED) is 0.0401. The number of rotatable bonds is 21. The second kappa shape index (κ2) is 28.1. The van der Waals surface area contributed by atoms with Crippen molar-refractivity contribution in [1.29, 1.82) is 0 Å². The van der Waals surface area contributed by atoms with E-state index < -0.39 is 58.8 Å². The molecule has 5 aromatic rings. The van der Waals surface area contributed by atoms with Crippen LogP contribution in [0.25, 0.3) is 5.57 Å². The summed E-state index contributed by atoms with van der Waals surface area (Å²) in [5.74, 6) is -1.21. The molecule has 1 unspecified atom stereocenters. The molecule has 0 aromatic heterocycles. The Morgan fingerprint density at radius 3 is 2.11 bits per heavy atom. The Balaban J connectivity index is 0.749. The lowest BCUT2D eigenvalue weighted by atomic mass is 9.71. The van der Waals surface area contributed by atoms with Crippen LogP contribution in [0.4, 0.5) is 35.9 Å². The highest BCUT2D eigenvalue weighted by molar-refractivity contribution is 7.99. The fourth-order valence-corrected chi connectivity index (χ4v) is 15.4. The molecule has 4 heterocycles. The summed E-state index contributed by atoms with van der Waals surface area (Å²) in [7, 11) is -11.0. The third kappa shape index (κ3) is 16.6. The van der Waals surface area contributed by atoms with E-state index >= 15 is 0 Å². The van der Waals surface area contributed by atoms with Crippen LogP contribution in [-0.4, -0.2) is 171 Å². The highest BCUT2D eigenvalue weighted by Gasteiger charge is 2.49. The molecular formula is C63H75ClF3N9O8S3. The molecule has 17 nitrogen and oxygen atoms in total. The summed E-state index contributed by atoms with van der Waals surface area (Å²) >= 11 is 7.81. The highest BCUT2D eigenvalue weighted by atomic mass is 35.5. The van der Waals surface area contributed by atoms with Gasteiger partial charge in [0.25, 0.3) is 25.8 Å². The average Bonchev–Trinajstić information content (AvgIpc) is 2.90. The lowest BCUT2D eigenvalue weighted by Crippen LogP contribution is -2.50. The summed E-state index contributed by atoms with van der Waals surface area (Å²) in [6.45, 7) is 13.9. The van der Waals surface area contributed by atoms with Crippen molar-refractivity contribution in [1.82, 2.24) is 24.7 Å². The molecule has 0 radical (unpaired) electrons. The first-order valence-electron chi connectivity index (χ1n) is 29.7. The van der Waals surface area contributed by atoms with Gasteiger partial charge in [-0.05, 0) is 146 Å². The Morgan fingerprint density at radius 2 is 1.45 bits per heavy atom. The van der Waals surface area contributed by atoms with Gasteiger partial charge in [0, 0.05) is 142 Å². The Bertz CT molecular complexity index is 3470. The van der Waals surface area contributed by atoms with Crippen molar-refractivity contribution in [3.8, 4) is 0 Å². The molecule has 3 amide bonds. The summed E-state index contributed by atoms with van der Waals surface area (Å²) in [5.41, 5.74) is 0.639.